The van der Waals surface area contributed by atoms with Crippen molar-refractivity contribution in [3.63, 3.8) is 0 Å². The number of pyridine rings is 1. The molecule has 0 saturated carbocycles. The Morgan fingerprint density at radius 2 is 1.93 bits per heavy atom. The van der Waals surface area contributed by atoms with Crippen LogP contribution in [0, 0.1) is 22.8 Å². The Morgan fingerprint density at radius 3 is 2.40 bits per heavy atom. The highest BCUT2D eigenvalue weighted by molar-refractivity contribution is 5.56. The molecule has 76 valence electrons. The van der Waals surface area contributed by atoms with E-state index in [1.54, 1.807) is 0 Å². The van der Waals surface area contributed by atoms with Gasteiger partial charge in [-0.3, -0.25) is 5.32 Å². The van der Waals surface area contributed by atoms with Crippen LogP contribution >= 0.6 is 0 Å². The van der Waals surface area contributed by atoms with Crippen LogP contribution in [0.15, 0.2) is 12.1 Å². The summed E-state index contributed by atoms with van der Waals surface area (Å²) in [7, 11) is 0. The minimum absolute atomic E-state index is 0.0481. The van der Waals surface area contributed by atoms with Crippen LogP contribution in [-0.4, -0.2) is 4.98 Å². The van der Waals surface area contributed by atoms with Gasteiger partial charge in [-0.1, -0.05) is 0 Å². The zero-order chi connectivity index (χ0) is 11.5. The lowest BCUT2D eigenvalue weighted by Crippen LogP contribution is -2.09. The van der Waals surface area contributed by atoms with E-state index in [4.69, 9.17) is 10.5 Å². The highest BCUT2D eigenvalue weighted by atomic mass is 19.4. The van der Waals surface area contributed by atoms with Gasteiger partial charge in [-0.2, -0.15) is 23.7 Å². The first-order valence-electron chi connectivity index (χ1n) is 3.62. The number of nitrogens with one attached hydrogen (secondary N) is 1. The minimum Gasteiger partial charge on any atom is -0.290 e. The van der Waals surface area contributed by atoms with Crippen molar-refractivity contribution in [2.24, 2.45) is 0 Å². The molecule has 0 unspecified atom stereocenters. The highest BCUT2D eigenvalue weighted by Gasteiger charge is 2.33. The molecule has 0 aromatic carbocycles. The topological polar surface area (TPSA) is 72.5 Å². The Kier molecular flexibility index (Phi) is 2.77. The third-order valence-corrected chi connectivity index (χ3v) is 1.48. The number of hydrogen-bond donors (Lipinski definition) is 1. The fourth-order valence-corrected chi connectivity index (χ4v) is 0.863. The highest BCUT2D eigenvalue weighted by Crippen LogP contribution is 2.28. The molecule has 0 aliphatic heterocycles. The van der Waals surface area contributed by atoms with Gasteiger partial charge in [0.05, 0.1) is 5.69 Å². The summed E-state index contributed by atoms with van der Waals surface area (Å²) in [5.41, 5.74) is -1.68. The number of nitrogens with zero attached hydrogens (tertiary/aromatic N) is 3. The summed E-state index contributed by atoms with van der Waals surface area (Å²) in [5.74, 6) is 0. The summed E-state index contributed by atoms with van der Waals surface area (Å²) in [5, 5.41) is 18.8. The van der Waals surface area contributed by atoms with E-state index in [-0.39, 0.29) is 5.69 Å². The first-order valence-corrected chi connectivity index (χ1v) is 3.62. The number of rotatable bonds is 1. The molecule has 0 fully saturated rings. The molecule has 0 aliphatic carbocycles. The van der Waals surface area contributed by atoms with E-state index in [0.29, 0.717) is 6.07 Å². The van der Waals surface area contributed by atoms with Gasteiger partial charge in [0.2, 0.25) is 0 Å². The van der Waals surface area contributed by atoms with Gasteiger partial charge in [0.15, 0.2) is 11.9 Å². The van der Waals surface area contributed by atoms with Crippen molar-refractivity contribution in [2.75, 3.05) is 5.32 Å². The predicted octanol–water partition coefficient (Wildman–Crippen LogP) is 1.87. The third-order valence-electron chi connectivity index (χ3n) is 1.48. The molecule has 0 amide bonds. The van der Waals surface area contributed by atoms with Crippen LogP contribution in [0.1, 0.15) is 11.4 Å². The average molecular weight is 212 g/mol. The lowest BCUT2D eigenvalue weighted by molar-refractivity contribution is -0.141. The molecule has 0 atom stereocenters. The van der Waals surface area contributed by atoms with Crippen molar-refractivity contribution in [1.82, 2.24) is 4.98 Å². The van der Waals surface area contributed by atoms with Crippen molar-refractivity contribution in [3.8, 4) is 12.3 Å². The second-order valence-electron chi connectivity index (χ2n) is 2.44. The Balaban J connectivity index is 3.22. The number of anilines is 1. The maximum Gasteiger partial charge on any atom is 0.433 e. The summed E-state index contributed by atoms with van der Waals surface area (Å²) < 4.78 is 36.5. The first-order chi connectivity index (χ1) is 6.99. The molecule has 0 bridgehead atoms. The summed E-state index contributed by atoms with van der Waals surface area (Å²) in [6, 6.07) is 3.15. The molecule has 0 spiro atoms. The van der Waals surface area contributed by atoms with Crippen LogP contribution < -0.4 is 5.32 Å². The molecule has 1 N–H and O–H groups in total. The van der Waals surface area contributed by atoms with Gasteiger partial charge in [0, 0.05) is 0 Å². The van der Waals surface area contributed by atoms with E-state index in [0.717, 1.165) is 6.07 Å². The van der Waals surface area contributed by atoms with E-state index in [1.807, 2.05) is 0 Å². The van der Waals surface area contributed by atoms with Crippen LogP contribution in [0.2, 0.25) is 0 Å². The van der Waals surface area contributed by atoms with Gasteiger partial charge < -0.3 is 0 Å². The average Bonchev–Trinajstić information content (AvgIpc) is 2.17. The molecule has 15 heavy (non-hydrogen) atoms. The maximum atomic E-state index is 12.2. The fourth-order valence-electron chi connectivity index (χ4n) is 0.863. The Labute approximate surface area is 82.6 Å². The van der Waals surface area contributed by atoms with Crippen LogP contribution in [0.5, 0.6) is 0 Å². The molecule has 1 aromatic heterocycles. The van der Waals surface area contributed by atoms with E-state index in [9.17, 15) is 13.2 Å². The summed E-state index contributed by atoms with van der Waals surface area (Å²) in [6.07, 6.45) is -3.11. The van der Waals surface area contributed by atoms with Gasteiger partial charge in [-0.25, -0.2) is 4.98 Å². The van der Waals surface area contributed by atoms with Gasteiger partial charge in [-0.15, -0.1) is 0 Å². The quantitative estimate of drug-likeness (QED) is 0.569. The SMILES string of the molecule is N#CNc1ccc(C(F)(F)F)nc1C#N. The smallest absolute Gasteiger partial charge is 0.290 e. The van der Waals surface area contributed by atoms with E-state index in [1.165, 1.54) is 12.3 Å². The number of halogens is 3. The maximum absolute atomic E-state index is 12.2. The molecular formula is C8H3F3N4. The fraction of sp³-hybridized carbons (Fsp3) is 0.125. The van der Waals surface area contributed by atoms with Crippen molar-refractivity contribution in [2.45, 2.75) is 6.18 Å². The molecular weight excluding hydrogens is 209 g/mol. The molecule has 1 heterocycles. The number of alkyl halides is 3. The van der Waals surface area contributed by atoms with Gasteiger partial charge in [-0.05, 0) is 12.1 Å². The second kappa shape index (κ2) is 3.84. The minimum atomic E-state index is -4.60. The van der Waals surface area contributed by atoms with Gasteiger partial charge in [0.25, 0.3) is 0 Å². The Bertz CT molecular complexity index is 452. The normalized spacial score (nSPS) is 10.2. The Hall–Kier alpha value is -2.28. The molecule has 0 radical (unpaired) electrons. The lowest BCUT2D eigenvalue weighted by atomic mass is 10.2. The van der Waals surface area contributed by atoms with Crippen LogP contribution in [0.3, 0.4) is 0 Å². The van der Waals surface area contributed by atoms with Crippen molar-refractivity contribution < 1.29 is 13.2 Å². The number of nitriles is 2. The van der Waals surface area contributed by atoms with E-state index < -0.39 is 17.6 Å². The van der Waals surface area contributed by atoms with Crippen LogP contribution in [-0.2, 0) is 6.18 Å². The summed E-state index contributed by atoms with van der Waals surface area (Å²) >= 11 is 0. The van der Waals surface area contributed by atoms with E-state index >= 15 is 0 Å². The van der Waals surface area contributed by atoms with Crippen molar-refractivity contribution in [1.29, 1.82) is 10.5 Å². The van der Waals surface area contributed by atoms with E-state index in [2.05, 4.69) is 10.3 Å². The van der Waals surface area contributed by atoms with Crippen molar-refractivity contribution >= 4 is 5.69 Å². The monoisotopic (exact) mass is 212 g/mol. The molecule has 0 aliphatic rings. The predicted molar refractivity (Wildman–Crippen MR) is 43.2 cm³/mol. The summed E-state index contributed by atoms with van der Waals surface area (Å²) in [6.45, 7) is 0. The molecule has 0 saturated heterocycles. The van der Waals surface area contributed by atoms with Gasteiger partial charge >= 0.3 is 6.18 Å². The third kappa shape index (κ3) is 2.35. The zero-order valence-electron chi connectivity index (χ0n) is 7.13. The molecule has 4 nitrogen and oxygen atoms in total. The summed E-state index contributed by atoms with van der Waals surface area (Å²) in [4.78, 5) is 3.08. The van der Waals surface area contributed by atoms with Crippen LogP contribution in [0.4, 0.5) is 18.9 Å². The van der Waals surface area contributed by atoms with Gasteiger partial charge in [0.1, 0.15) is 11.8 Å². The standard InChI is InChI=1S/C8H3F3N4/c9-8(10,11)7-2-1-5(14-4-13)6(3-12)15-7/h1-2,14H. The second-order valence-corrected chi connectivity index (χ2v) is 2.44. The van der Waals surface area contributed by atoms with Crippen molar-refractivity contribution in [3.05, 3.63) is 23.5 Å². The molecule has 1 aromatic rings. The Morgan fingerprint density at radius 1 is 1.27 bits per heavy atom. The lowest BCUT2D eigenvalue weighted by Gasteiger charge is -2.06. The number of aromatic nitrogens is 1. The largest absolute Gasteiger partial charge is 0.433 e. The number of hydrogen-bond acceptors (Lipinski definition) is 4. The van der Waals surface area contributed by atoms with Crippen LogP contribution in [0.25, 0.3) is 0 Å². The molecule has 7 heteroatoms. The zero-order valence-corrected chi connectivity index (χ0v) is 7.13. The molecule has 1 rings (SSSR count). The first kappa shape index (κ1) is 10.8.